The summed E-state index contributed by atoms with van der Waals surface area (Å²) in [5, 5.41) is 16.9. The summed E-state index contributed by atoms with van der Waals surface area (Å²) in [6, 6.07) is -0.489. The fraction of sp³-hybridized carbons (Fsp3) is 0.750. The summed E-state index contributed by atoms with van der Waals surface area (Å²) < 4.78 is 0. The van der Waals surface area contributed by atoms with E-state index in [-0.39, 0.29) is 18.5 Å². The number of Topliss-reactive ketones (excluding diaryl/α,β-unsaturated/α-hetero) is 1. The Bertz CT molecular complexity index is 678. The van der Waals surface area contributed by atoms with Crippen molar-refractivity contribution in [1.82, 2.24) is 10.6 Å². The lowest BCUT2D eigenvalue weighted by Gasteiger charge is -2.20. The summed E-state index contributed by atoms with van der Waals surface area (Å²) in [5.41, 5.74) is 0.890. The zero-order valence-electron chi connectivity index (χ0n) is 22.5. The van der Waals surface area contributed by atoms with Crippen LogP contribution in [0.25, 0.3) is 0 Å². The van der Waals surface area contributed by atoms with Crippen LogP contribution in [0.4, 0.5) is 0 Å². The lowest BCUT2D eigenvalue weighted by atomic mass is 10.0. The first-order chi connectivity index (χ1) is 17.3. The minimum atomic E-state index is -1.11. The molecular weight excluding hydrogens is 458 g/mol. The Kier molecular flexibility index (Phi) is 21.3. The Labute approximate surface area is 217 Å². The molecule has 1 unspecified atom stereocenters. The molecule has 0 aliphatic heterocycles. The number of carboxylic acids is 1. The average molecular weight is 508 g/mol. The van der Waals surface area contributed by atoms with Gasteiger partial charge in [-0.25, -0.2) is 0 Å². The summed E-state index contributed by atoms with van der Waals surface area (Å²) in [6.45, 7) is 8.90. The predicted molar refractivity (Wildman–Crippen MR) is 145 cm³/mol. The van der Waals surface area contributed by atoms with Crippen LogP contribution in [0, 0.1) is 4.91 Å². The van der Waals surface area contributed by atoms with Crippen molar-refractivity contribution >= 4 is 17.7 Å². The van der Waals surface area contributed by atoms with Crippen LogP contribution in [-0.4, -0.2) is 35.4 Å². The molecule has 36 heavy (non-hydrogen) atoms. The van der Waals surface area contributed by atoms with Crippen molar-refractivity contribution in [3.8, 4) is 0 Å². The Hall–Kier alpha value is -2.51. The van der Waals surface area contributed by atoms with Gasteiger partial charge in [-0.05, 0) is 37.8 Å². The van der Waals surface area contributed by atoms with E-state index in [2.05, 4.69) is 29.0 Å². The van der Waals surface area contributed by atoms with Gasteiger partial charge < -0.3 is 20.5 Å². The molecule has 0 aromatic heterocycles. The number of nitrogens with one attached hydrogen (secondary N) is 2. The van der Waals surface area contributed by atoms with Crippen LogP contribution < -0.4 is 10.6 Å². The maximum absolute atomic E-state index is 11.7. The van der Waals surface area contributed by atoms with Crippen LogP contribution in [-0.2, 0) is 14.4 Å². The van der Waals surface area contributed by atoms with Gasteiger partial charge in [0.05, 0.1) is 11.7 Å². The molecule has 1 atom stereocenters. The first-order valence-electron chi connectivity index (χ1n) is 13.7. The highest BCUT2D eigenvalue weighted by Gasteiger charge is 2.16. The number of hydrogen-bond donors (Lipinski definition) is 3. The second-order valence-corrected chi connectivity index (χ2v) is 9.74. The SMILES string of the molecule is C=C(CCCCCCCCCCCCCCCCC(C)=O)NC(CCC(=O)NCC(=O)O)C(=C)N=O. The molecule has 8 nitrogen and oxygen atoms in total. The number of hydrogen-bond acceptors (Lipinski definition) is 6. The van der Waals surface area contributed by atoms with Crippen LogP contribution >= 0.6 is 0 Å². The zero-order chi connectivity index (χ0) is 27.0. The summed E-state index contributed by atoms with van der Waals surface area (Å²) in [6.07, 6.45) is 19.1. The Morgan fingerprint density at radius 1 is 0.750 bits per heavy atom. The molecule has 206 valence electrons. The molecule has 0 radical (unpaired) electrons. The van der Waals surface area contributed by atoms with Gasteiger partial charge in [0.1, 0.15) is 12.3 Å². The Morgan fingerprint density at radius 2 is 1.19 bits per heavy atom. The minimum Gasteiger partial charge on any atom is -0.480 e. The zero-order valence-corrected chi connectivity index (χ0v) is 22.5. The van der Waals surface area contributed by atoms with Crippen molar-refractivity contribution in [2.24, 2.45) is 5.18 Å². The van der Waals surface area contributed by atoms with Crippen molar-refractivity contribution in [2.75, 3.05) is 6.54 Å². The molecular formula is C28H49N3O5. The highest BCUT2D eigenvalue weighted by molar-refractivity contribution is 5.81. The molecule has 3 N–H and O–H groups in total. The lowest BCUT2D eigenvalue weighted by molar-refractivity contribution is -0.138. The summed E-state index contributed by atoms with van der Waals surface area (Å²) in [5.74, 6) is -1.20. The second kappa shape index (κ2) is 22.9. The first-order valence-corrected chi connectivity index (χ1v) is 13.7. The average Bonchev–Trinajstić information content (AvgIpc) is 2.84. The van der Waals surface area contributed by atoms with E-state index in [1.54, 1.807) is 6.92 Å². The van der Waals surface area contributed by atoms with Crippen LogP contribution in [0.3, 0.4) is 0 Å². The van der Waals surface area contributed by atoms with E-state index in [1.807, 2.05) is 0 Å². The van der Waals surface area contributed by atoms with E-state index in [4.69, 9.17) is 5.11 Å². The molecule has 0 fully saturated rings. The van der Waals surface area contributed by atoms with Gasteiger partial charge in [-0.15, -0.1) is 4.91 Å². The van der Waals surface area contributed by atoms with E-state index in [9.17, 15) is 19.3 Å². The number of carbonyl (C=O) groups is 3. The number of allylic oxidation sites excluding steroid dienone is 1. The highest BCUT2D eigenvalue weighted by atomic mass is 16.4. The third-order valence-corrected chi connectivity index (χ3v) is 6.25. The van der Waals surface area contributed by atoms with E-state index < -0.39 is 24.5 Å². The van der Waals surface area contributed by atoms with Gasteiger partial charge in [0.15, 0.2) is 0 Å². The monoisotopic (exact) mass is 507 g/mol. The third-order valence-electron chi connectivity index (χ3n) is 6.25. The normalized spacial score (nSPS) is 11.5. The molecule has 0 saturated heterocycles. The van der Waals surface area contributed by atoms with Gasteiger partial charge in [-0.3, -0.25) is 9.59 Å². The molecule has 0 aliphatic rings. The number of carbonyl (C=O) groups excluding carboxylic acids is 2. The second-order valence-electron chi connectivity index (χ2n) is 9.74. The number of aliphatic carboxylic acids is 1. The number of nitroso groups, excluding NO2 is 1. The first kappa shape index (κ1) is 33.5. The van der Waals surface area contributed by atoms with Crippen molar-refractivity contribution in [1.29, 1.82) is 0 Å². The molecule has 0 bridgehead atoms. The van der Waals surface area contributed by atoms with E-state index in [1.165, 1.54) is 70.6 Å². The van der Waals surface area contributed by atoms with Crippen LogP contribution in [0.2, 0.25) is 0 Å². The molecule has 0 heterocycles. The van der Waals surface area contributed by atoms with E-state index in [0.29, 0.717) is 5.78 Å². The standard InChI is InChI=1S/C28H49N3O5/c1-23(30-26(25(3)31-36)20-21-27(33)29-22-28(34)35)18-16-14-12-10-8-6-4-5-7-9-11-13-15-17-19-24(2)32/h26,30H,1,3-22H2,2H3,(H,29,33)(H,34,35). The number of rotatable bonds is 26. The molecule has 0 aliphatic carbocycles. The lowest BCUT2D eigenvalue weighted by Crippen LogP contribution is -2.33. The van der Waals surface area contributed by atoms with Crippen LogP contribution in [0.5, 0.6) is 0 Å². The van der Waals surface area contributed by atoms with Gasteiger partial charge in [0.25, 0.3) is 0 Å². The maximum atomic E-state index is 11.7. The van der Waals surface area contributed by atoms with Crippen molar-refractivity contribution < 1.29 is 19.5 Å². The summed E-state index contributed by atoms with van der Waals surface area (Å²) in [4.78, 5) is 44.0. The number of amides is 1. The van der Waals surface area contributed by atoms with Gasteiger partial charge in [-0.2, -0.15) is 0 Å². The van der Waals surface area contributed by atoms with Crippen LogP contribution in [0.1, 0.15) is 122 Å². The fourth-order valence-electron chi connectivity index (χ4n) is 4.08. The number of carboxylic acid groups (broad SMARTS) is 1. The van der Waals surface area contributed by atoms with Crippen molar-refractivity contribution in [3.05, 3.63) is 29.5 Å². The topological polar surface area (TPSA) is 125 Å². The van der Waals surface area contributed by atoms with Gasteiger partial charge >= 0.3 is 5.97 Å². The minimum absolute atomic E-state index is 0.0645. The van der Waals surface area contributed by atoms with E-state index in [0.717, 1.165) is 37.8 Å². The molecule has 0 saturated carbocycles. The fourth-order valence-corrected chi connectivity index (χ4v) is 4.08. The molecule has 8 heteroatoms. The molecule has 0 aromatic carbocycles. The molecule has 0 rings (SSSR count). The summed E-state index contributed by atoms with van der Waals surface area (Å²) in [7, 11) is 0. The van der Waals surface area contributed by atoms with Gasteiger partial charge in [-0.1, -0.05) is 90.2 Å². The largest absolute Gasteiger partial charge is 0.480 e. The van der Waals surface area contributed by atoms with Crippen molar-refractivity contribution in [3.63, 3.8) is 0 Å². The predicted octanol–water partition coefficient (Wildman–Crippen LogP) is 6.55. The molecule has 0 spiro atoms. The Balaban J connectivity index is 3.71. The molecule has 1 amide bonds. The number of nitrogens with zero attached hydrogens (tertiary/aromatic N) is 1. The van der Waals surface area contributed by atoms with Gasteiger partial charge in [0.2, 0.25) is 5.91 Å². The van der Waals surface area contributed by atoms with Crippen LogP contribution in [0.15, 0.2) is 29.7 Å². The maximum Gasteiger partial charge on any atom is 0.322 e. The quantitative estimate of drug-likeness (QED) is 0.0900. The van der Waals surface area contributed by atoms with Gasteiger partial charge in [0, 0.05) is 18.5 Å². The summed E-state index contributed by atoms with van der Waals surface area (Å²) >= 11 is 0. The Morgan fingerprint density at radius 3 is 1.61 bits per heavy atom. The van der Waals surface area contributed by atoms with E-state index >= 15 is 0 Å². The third kappa shape index (κ3) is 22.0. The molecule has 0 aromatic rings. The van der Waals surface area contributed by atoms with Crippen molar-refractivity contribution in [2.45, 2.75) is 129 Å². The smallest absolute Gasteiger partial charge is 0.322 e. The highest BCUT2D eigenvalue weighted by Crippen LogP contribution is 2.16. The number of ketones is 1. The number of unbranched alkanes of at least 4 members (excludes halogenated alkanes) is 13.